The Balaban J connectivity index is 2.22. The van der Waals surface area contributed by atoms with Crippen molar-refractivity contribution in [1.29, 1.82) is 0 Å². The Kier molecular flexibility index (Phi) is 2.45. The molecule has 76 valence electrons. The molecule has 0 atom stereocenters. The highest BCUT2D eigenvalue weighted by Gasteiger charge is 1.96. The number of nitrogens with zero attached hydrogens (tertiary/aromatic N) is 2. The molecule has 15 heavy (non-hydrogen) atoms. The van der Waals surface area contributed by atoms with Crippen LogP contribution in [0.1, 0.15) is 5.56 Å². The van der Waals surface area contributed by atoms with E-state index >= 15 is 0 Å². The molecule has 1 aromatic heterocycles. The van der Waals surface area contributed by atoms with Gasteiger partial charge in [-0.3, -0.25) is 9.78 Å². The molecule has 2 N–H and O–H groups in total. The third-order valence-electron chi connectivity index (χ3n) is 1.89. The number of hydrogen-bond acceptors (Lipinski definition) is 4. The zero-order chi connectivity index (χ0) is 10.7. The Labute approximate surface area is 86.2 Å². The monoisotopic (exact) mass is 202 g/mol. The van der Waals surface area contributed by atoms with Crippen LogP contribution in [0.5, 0.6) is 0 Å². The molecule has 0 saturated carbocycles. The number of hydrogen-bond donors (Lipinski definition) is 2. The standard InChI is InChI=1S/C10H10N4O/c1-7-2-4-8(5-3-7)12-10-13-9(15)6-11-14-10/h2-6H,1H3,(H2,12,13,14,15). The number of anilines is 2. The highest BCUT2D eigenvalue weighted by Crippen LogP contribution is 2.11. The van der Waals surface area contributed by atoms with Crippen LogP contribution in [0.25, 0.3) is 0 Å². The van der Waals surface area contributed by atoms with E-state index in [-0.39, 0.29) is 5.56 Å². The van der Waals surface area contributed by atoms with Gasteiger partial charge in [-0.05, 0) is 19.1 Å². The van der Waals surface area contributed by atoms with E-state index in [0.29, 0.717) is 5.95 Å². The molecular weight excluding hydrogens is 192 g/mol. The molecule has 0 spiro atoms. The summed E-state index contributed by atoms with van der Waals surface area (Å²) in [5, 5.41) is 10.2. The fraction of sp³-hybridized carbons (Fsp3) is 0.100. The molecule has 0 aliphatic carbocycles. The average molecular weight is 202 g/mol. The van der Waals surface area contributed by atoms with Crippen LogP contribution in [-0.2, 0) is 0 Å². The Hall–Kier alpha value is -2.17. The molecule has 0 saturated heterocycles. The molecule has 1 aromatic carbocycles. The van der Waals surface area contributed by atoms with Crippen molar-refractivity contribution in [3.05, 3.63) is 46.4 Å². The van der Waals surface area contributed by atoms with Gasteiger partial charge in [-0.2, -0.15) is 0 Å². The van der Waals surface area contributed by atoms with E-state index in [1.54, 1.807) is 0 Å². The largest absolute Gasteiger partial charge is 0.324 e. The zero-order valence-corrected chi connectivity index (χ0v) is 8.19. The summed E-state index contributed by atoms with van der Waals surface area (Å²) in [6, 6.07) is 7.75. The van der Waals surface area contributed by atoms with Gasteiger partial charge in [-0.15, -0.1) is 10.2 Å². The Morgan fingerprint density at radius 3 is 2.67 bits per heavy atom. The molecule has 2 aromatic rings. The summed E-state index contributed by atoms with van der Waals surface area (Å²) < 4.78 is 0. The highest BCUT2D eigenvalue weighted by atomic mass is 16.1. The van der Waals surface area contributed by atoms with Crippen LogP contribution in [-0.4, -0.2) is 15.2 Å². The second-order valence-electron chi connectivity index (χ2n) is 3.17. The smallest absolute Gasteiger partial charge is 0.271 e. The highest BCUT2D eigenvalue weighted by molar-refractivity contribution is 5.52. The first kappa shape index (κ1) is 9.39. The Bertz CT molecular complexity index is 503. The van der Waals surface area contributed by atoms with Crippen molar-refractivity contribution < 1.29 is 0 Å². The van der Waals surface area contributed by atoms with Crippen LogP contribution >= 0.6 is 0 Å². The second-order valence-corrected chi connectivity index (χ2v) is 3.17. The lowest BCUT2D eigenvalue weighted by atomic mass is 10.2. The predicted octanol–water partition coefficient (Wildman–Crippen LogP) is 1.22. The molecule has 5 heteroatoms. The minimum absolute atomic E-state index is 0.278. The summed E-state index contributed by atoms with van der Waals surface area (Å²) >= 11 is 0. The first-order chi connectivity index (χ1) is 7.24. The Morgan fingerprint density at radius 1 is 1.27 bits per heavy atom. The van der Waals surface area contributed by atoms with Crippen LogP contribution in [0.2, 0.25) is 0 Å². The normalized spacial score (nSPS) is 9.93. The third kappa shape index (κ3) is 2.40. The quantitative estimate of drug-likeness (QED) is 0.768. The van der Waals surface area contributed by atoms with Gasteiger partial charge < -0.3 is 5.32 Å². The van der Waals surface area contributed by atoms with Crippen LogP contribution in [0.4, 0.5) is 11.6 Å². The zero-order valence-electron chi connectivity index (χ0n) is 8.19. The molecule has 0 radical (unpaired) electrons. The van der Waals surface area contributed by atoms with E-state index in [0.717, 1.165) is 11.9 Å². The number of aromatic amines is 1. The average Bonchev–Trinajstić information content (AvgIpc) is 2.22. The maximum absolute atomic E-state index is 10.9. The first-order valence-electron chi connectivity index (χ1n) is 4.50. The van der Waals surface area contributed by atoms with Crippen molar-refractivity contribution in [3.8, 4) is 0 Å². The van der Waals surface area contributed by atoms with Gasteiger partial charge in [0.1, 0.15) is 6.20 Å². The van der Waals surface area contributed by atoms with Gasteiger partial charge in [0.2, 0.25) is 5.95 Å². The van der Waals surface area contributed by atoms with Crippen LogP contribution in [0.15, 0.2) is 35.3 Å². The van der Waals surface area contributed by atoms with E-state index in [4.69, 9.17) is 0 Å². The summed E-state index contributed by atoms with van der Waals surface area (Å²) in [5.74, 6) is 0.339. The van der Waals surface area contributed by atoms with E-state index in [9.17, 15) is 4.79 Å². The molecule has 5 nitrogen and oxygen atoms in total. The van der Waals surface area contributed by atoms with Crippen molar-refractivity contribution in [2.24, 2.45) is 0 Å². The van der Waals surface area contributed by atoms with Gasteiger partial charge in [0.15, 0.2) is 0 Å². The maximum atomic E-state index is 10.9. The molecule has 1 heterocycles. The molecule has 0 bridgehead atoms. The number of nitrogens with one attached hydrogen (secondary N) is 2. The number of aromatic nitrogens is 3. The summed E-state index contributed by atoms with van der Waals surface area (Å²) in [6.07, 6.45) is 1.13. The topological polar surface area (TPSA) is 70.7 Å². The summed E-state index contributed by atoms with van der Waals surface area (Å²) in [4.78, 5) is 13.5. The number of rotatable bonds is 2. The minimum Gasteiger partial charge on any atom is -0.324 e. The lowest BCUT2D eigenvalue weighted by Gasteiger charge is -2.03. The molecule has 0 aliphatic heterocycles. The fourth-order valence-electron chi connectivity index (χ4n) is 1.14. The van der Waals surface area contributed by atoms with Crippen LogP contribution in [0.3, 0.4) is 0 Å². The van der Waals surface area contributed by atoms with Gasteiger partial charge in [0, 0.05) is 5.69 Å². The molecule has 0 aliphatic rings. The van der Waals surface area contributed by atoms with Gasteiger partial charge >= 0.3 is 0 Å². The number of benzene rings is 1. The summed E-state index contributed by atoms with van der Waals surface area (Å²) in [7, 11) is 0. The van der Waals surface area contributed by atoms with E-state index in [1.165, 1.54) is 5.56 Å². The van der Waals surface area contributed by atoms with Crippen LogP contribution < -0.4 is 10.9 Å². The Morgan fingerprint density at radius 2 is 2.00 bits per heavy atom. The van der Waals surface area contributed by atoms with Gasteiger partial charge in [-0.25, -0.2) is 0 Å². The van der Waals surface area contributed by atoms with Crippen molar-refractivity contribution in [1.82, 2.24) is 15.2 Å². The third-order valence-corrected chi connectivity index (χ3v) is 1.89. The minimum atomic E-state index is -0.278. The molecule has 0 fully saturated rings. The van der Waals surface area contributed by atoms with E-state index in [1.807, 2.05) is 31.2 Å². The molecule has 0 amide bonds. The number of H-pyrrole nitrogens is 1. The predicted molar refractivity (Wildman–Crippen MR) is 57.1 cm³/mol. The molecule has 2 rings (SSSR count). The van der Waals surface area contributed by atoms with Crippen LogP contribution in [0, 0.1) is 6.92 Å². The summed E-state index contributed by atoms with van der Waals surface area (Å²) in [6.45, 7) is 2.01. The van der Waals surface area contributed by atoms with Gasteiger partial charge in [-0.1, -0.05) is 17.7 Å². The number of aryl methyl sites for hydroxylation is 1. The van der Waals surface area contributed by atoms with Crippen molar-refractivity contribution in [3.63, 3.8) is 0 Å². The van der Waals surface area contributed by atoms with Crippen molar-refractivity contribution in [2.45, 2.75) is 6.92 Å². The molecular formula is C10H10N4O. The van der Waals surface area contributed by atoms with Gasteiger partial charge in [0.05, 0.1) is 0 Å². The van der Waals surface area contributed by atoms with E-state index < -0.39 is 0 Å². The fourth-order valence-corrected chi connectivity index (χ4v) is 1.14. The van der Waals surface area contributed by atoms with Crippen molar-refractivity contribution in [2.75, 3.05) is 5.32 Å². The second kappa shape index (κ2) is 3.91. The van der Waals surface area contributed by atoms with Crippen molar-refractivity contribution >= 4 is 11.6 Å². The first-order valence-corrected chi connectivity index (χ1v) is 4.50. The lowest BCUT2D eigenvalue weighted by Crippen LogP contribution is -2.10. The lowest BCUT2D eigenvalue weighted by molar-refractivity contribution is 0.953. The summed E-state index contributed by atoms with van der Waals surface area (Å²) in [5.41, 5.74) is 1.75. The van der Waals surface area contributed by atoms with Gasteiger partial charge in [0.25, 0.3) is 5.56 Å². The van der Waals surface area contributed by atoms with E-state index in [2.05, 4.69) is 20.5 Å². The SMILES string of the molecule is Cc1ccc(Nc2nncc(=O)[nH]2)cc1. The molecule has 0 unspecified atom stereocenters. The maximum Gasteiger partial charge on any atom is 0.271 e.